The van der Waals surface area contributed by atoms with E-state index in [0.29, 0.717) is 11.6 Å². The van der Waals surface area contributed by atoms with Crippen molar-refractivity contribution in [2.24, 2.45) is 15.3 Å². The van der Waals surface area contributed by atoms with E-state index in [1.54, 1.807) is 12.4 Å². The molecule has 5 nitrogen and oxygen atoms in total. The molecule has 0 saturated carbocycles. The van der Waals surface area contributed by atoms with Crippen LogP contribution in [-0.4, -0.2) is 33.8 Å². The number of rotatable bonds is 6. The minimum atomic E-state index is -0.286. The number of amides is 1. The molecule has 6 heteroatoms. The van der Waals surface area contributed by atoms with Crippen LogP contribution in [0.25, 0.3) is 0 Å². The number of hydrogen-bond acceptors (Lipinski definition) is 5. The molecule has 3 aromatic rings. The monoisotopic (exact) mass is 412 g/mol. The molecule has 0 N–H and O–H groups in total. The maximum absolute atomic E-state index is 13.0. The van der Waals surface area contributed by atoms with Crippen LogP contribution in [0.2, 0.25) is 0 Å². The van der Waals surface area contributed by atoms with E-state index in [2.05, 4.69) is 15.3 Å². The van der Waals surface area contributed by atoms with Gasteiger partial charge in [-0.3, -0.25) is 4.79 Å². The van der Waals surface area contributed by atoms with E-state index in [0.717, 1.165) is 16.7 Å². The van der Waals surface area contributed by atoms with Gasteiger partial charge in [-0.25, -0.2) is 0 Å². The van der Waals surface area contributed by atoms with Crippen molar-refractivity contribution in [3.63, 3.8) is 0 Å². The number of hydrazone groups is 1. The van der Waals surface area contributed by atoms with E-state index in [9.17, 15) is 4.79 Å². The Kier molecular flexibility index (Phi) is 6.47. The van der Waals surface area contributed by atoms with Gasteiger partial charge in [0.25, 0.3) is 5.91 Å². The molecule has 0 aromatic heterocycles. The molecule has 0 spiro atoms. The molecule has 4 rings (SSSR count). The van der Waals surface area contributed by atoms with E-state index >= 15 is 0 Å². The second-order valence-corrected chi connectivity index (χ2v) is 7.81. The van der Waals surface area contributed by atoms with Gasteiger partial charge in [0.1, 0.15) is 0 Å². The molecule has 0 radical (unpaired) electrons. The third-order valence-electron chi connectivity index (χ3n) is 4.45. The maximum Gasteiger partial charge on any atom is 0.263 e. The standard InChI is InChI=1S/C24H20N4OS/c29-23-22(16-19-10-4-1-5-11-19)30-24(27-25-17-20-12-6-2-7-13-20)28(23)26-18-21-14-8-3-9-15-21/h1-15,17-18,22H,16H2. The summed E-state index contributed by atoms with van der Waals surface area (Å²) in [5.41, 5.74) is 2.95. The van der Waals surface area contributed by atoms with Crippen molar-refractivity contribution in [2.45, 2.75) is 11.7 Å². The van der Waals surface area contributed by atoms with Crippen molar-refractivity contribution >= 4 is 35.3 Å². The topological polar surface area (TPSA) is 57.4 Å². The van der Waals surface area contributed by atoms with Crippen LogP contribution < -0.4 is 0 Å². The molecule has 1 aliphatic rings. The highest BCUT2D eigenvalue weighted by Gasteiger charge is 2.38. The predicted octanol–water partition coefficient (Wildman–Crippen LogP) is 4.60. The lowest BCUT2D eigenvalue weighted by Gasteiger charge is -2.09. The van der Waals surface area contributed by atoms with Crippen molar-refractivity contribution in [3.8, 4) is 0 Å². The number of amidine groups is 1. The minimum Gasteiger partial charge on any atom is -0.271 e. The number of nitrogens with zero attached hydrogens (tertiary/aromatic N) is 4. The summed E-state index contributed by atoms with van der Waals surface area (Å²) in [6.45, 7) is 0. The van der Waals surface area contributed by atoms with Gasteiger partial charge in [-0.2, -0.15) is 15.2 Å². The number of carbonyl (C=O) groups excluding carboxylic acids is 1. The first-order valence-corrected chi connectivity index (χ1v) is 10.5. The fourth-order valence-electron chi connectivity index (χ4n) is 2.94. The van der Waals surface area contributed by atoms with Crippen LogP contribution in [0, 0.1) is 0 Å². The summed E-state index contributed by atoms with van der Waals surface area (Å²) in [6, 6.07) is 29.3. The Labute approximate surface area is 179 Å². The zero-order chi connectivity index (χ0) is 20.6. The summed E-state index contributed by atoms with van der Waals surface area (Å²) in [5, 5.41) is 14.4. The smallest absolute Gasteiger partial charge is 0.263 e. The Morgan fingerprint density at radius 2 is 1.37 bits per heavy atom. The van der Waals surface area contributed by atoms with Crippen LogP contribution in [0.4, 0.5) is 0 Å². The van der Waals surface area contributed by atoms with Gasteiger partial charge >= 0.3 is 0 Å². The van der Waals surface area contributed by atoms with Gasteiger partial charge in [0.05, 0.1) is 17.7 Å². The number of carbonyl (C=O) groups is 1. The Bertz CT molecular complexity index is 1070. The van der Waals surface area contributed by atoms with Gasteiger partial charge in [-0.05, 0) is 23.1 Å². The van der Waals surface area contributed by atoms with Gasteiger partial charge in [0.15, 0.2) is 0 Å². The lowest BCUT2D eigenvalue weighted by atomic mass is 10.1. The first-order chi connectivity index (χ1) is 14.8. The normalized spacial score (nSPS) is 18.1. The Hall–Kier alpha value is -3.51. The second-order valence-electron chi connectivity index (χ2n) is 6.64. The molecule has 1 atom stereocenters. The molecule has 3 aromatic carbocycles. The highest BCUT2D eigenvalue weighted by molar-refractivity contribution is 8.15. The molecule has 0 aliphatic carbocycles. The summed E-state index contributed by atoms with van der Waals surface area (Å²) in [6.07, 6.45) is 3.95. The Morgan fingerprint density at radius 3 is 2.00 bits per heavy atom. The molecule has 1 aliphatic heterocycles. The van der Waals surface area contributed by atoms with Crippen LogP contribution in [0.5, 0.6) is 0 Å². The van der Waals surface area contributed by atoms with E-state index in [1.807, 2.05) is 91.0 Å². The SMILES string of the molecule is O=C1C(Cc2ccccc2)SC(=NN=Cc2ccccc2)N1N=Cc1ccccc1. The summed E-state index contributed by atoms with van der Waals surface area (Å²) in [7, 11) is 0. The van der Waals surface area contributed by atoms with Crippen molar-refractivity contribution in [1.82, 2.24) is 5.01 Å². The predicted molar refractivity (Wildman–Crippen MR) is 124 cm³/mol. The average Bonchev–Trinajstić information content (AvgIpc) is 3.08. The quantitative estimate of drug-likeness (QED) is 0.439. The molecule has 1 saturated heterocycles. The first kappa shape index (κ1) is 19.8. The van der Waals surface area contributed by atoms with Gasteiger partial charge < -0.3 is 0 Å². The van der Waals surface area contributed by atoms with Crippen LogP contribution in [-0.2, 0) is 11.2 Å². The van der Waals surface area contributed by atoms with Crippen LogP contribution in [0.15, 0.2) is 106 Å². The fraction of sp³-hybridized carbons (Fsp3) is 0.0833. The molecule has 0 bridgehead atoms. The summed E-state index contributed by atoms with van der Waals surface area (Å²) in [5.74, 6) is -0.0929. The zero-order valence-corrected chi connectivity index (χ0v) is 17.0. The molecule has 1 heterocycles. The zero-order valence-electron chi connectivity index (χ0n) is 16.2. The van der Waals surface area contributed by atoms with E-state index in [4.69, 9.17) is 0 Å². The summed E-state index contributed by atoms with van der Waals surface area (Å²) >= 11 is 1.39. The highest BCUT2D eigenvalue weighted by atomic mass is 32.2. The van der Waals surface area contributed by atoms with Gasteiger partial charge in [-0.15, -0.1) is 5.10 Å². The molecular formula is C24H20N4OS. The largest absolute Gasteiger partial charge is 0.271 e. The molecule has 1 fully saturated rings. The number of hydrogen-bond donors (Lipinski definition) is 0. The Balaban J connectivity index is 1.57. The molecule has 1 unspecified atom stereocenters. The van der Waals surface area contributed by atoms with Crippen molar-refractivity contribution < 1.29 is 4.79 Å². The third kappa shape index (κ3) is 5.10. The highest BCUT2D eigenvalue weighted by Crippen LogP contribution is 2.30. The fourth-order valence-corrected chi connectivity index (χ4v) is 4.00. The lowest BCUT2D eigenvalue weighted by molar-refractivity contribution is -0.126. The number of benzene rings is 3. The Morgan fingerprint density at radius 1 is 0.800 bits per heavy atom. The number of thioether (sulfide) groups is 1. The van der Waals surface area contributed by atoms with Crippen LogP contribution in [0.3, 0.4) is 0 Å². The summed E-state index contributed by atoms with van der Waals surface area (Å²) < 4.78 is 0. The van der Waals surface area contributed by atoms with Gasteiger partial charge in [0.2, 0.25) is 5.17 Å². The average molecular weight is 413 g/mol. The summed E-state index contributed by atoms with van der Waals surface area (Å²) in [4.78, 5) is 13.0. The van der Waals surface area contributed by atoms with Crippen molar-refractivity contribution in [3.05, 3.63) is 108 Å². The van der Waals surface area contributed by atoms with Gasteiger partial charge in [0, 0.05) is 0 Å². The minimum absolute atomic E-state index is 0.0929. The van der Waals surface area contributed by atoms with E-state index in [-0.39, 0.29) is 11.2 Å². The molecule has 148 valence electrons. The van der Waals surface area contributed by atoms with E-state index < -0.39 is 0 Å². The molecule has 30 heavy (non-hydrogen) atoms. The third-order valence-corrected chi connectivity index (χ3v) is 5.57. The second kappa shape index (κ2) is 9.80. The van der Waals surface area contributed by atoms with Crippen LogP contribution >= 0.6 is 11.8 Å². The van der Waals surface area contributed by atoms with Crippen molar-refractivity contribution in [1.29, 1.82) is 0 Å². The first-order valence-electron chi connectivity index (χ1n) is 9.59. The van der Waals surface area contributed by atoms with Crippen molar-refractivity contribution in [2.75, 3.05) is 0 Å². The van der Waals surface area contributed by atoms with Gasteiger partial charge in [-0.1, -0.05) is 103 Å². The van der Waals surface area contributed by atoms with E-state index in [1.165, 1.54) is 16.8 Å². The maximum atomic E-state index is 13.0. The molecule has 1 amide bonds. The molecular weight excluding hydrogens is 392 g/mol. The van der Waals surface area contributed by atoms with Crippen LogP contribution in [0.1, 0.15) is 16.7 Å². The lowest BCUT2D eigenvalue weighted by Crippen LogP contribution is -2.28.